The molecule has 1 aromatic rings. The zero-order valence-corrected chi connectivity index (χ0v) is 9.73. The molecule has 0 amide bonds. The maximum Gasteiger partial charge on any atom is 0.345 e. The van der Waals surface area contributed by atoms with Gasteiger partial charge in [0.05, 0.1) is 0 Å². The molecule has 0 spiro atoms. The van der Waals surface area contributed by atoms with Crippen molar-refractivity contribution in [1.29, 1.82) is 0 Å². The minimum Gasteiger partial charge on any atom is -0.307 e. The molecule has 0 N–H and O–H groups in total. The minimum atomic E-state index is -4.00. The lowest BCUT2D eigenvalue weighted by Gasteiger charge is -2.07. The van der Waals surface area contributed by atoms with Crippen LogP contribution in [0.4, 0.5) is 0 Å². The average Bonchev–Trinajstić information content (AvgIpc) is 2.26. The molecule has 0 saturated heterocycles. The quantitative estimate of drug-likeness (QED) is 0.351. The predicted molar refractivity (Wildman–Crippen MR) is 58.0 cm³/mol. The van der Waals surface area contributed by atoms with Crippen LogP contribution in [-0.2, 0) is 20.8 Å². The van der Waals surface area contributed by atoms with Crippen LogP contribution in [0.5, 0.6) is 0 Å². The molecule has 1 aromatic carbocycles. The van der Waals surface area contributed by atoms with Gasteiger partial charge >= 0.3 is 10.1 Å². The largest absolute Gasteiger partial charge is 0.345 e. The first-order chi connectivity index (χ1) is 7.51. The number of azide groups is 1. The van der Waals surface area contributed by atoms with Gasteiger partial charge in [-0.2, -0.15) is 8.42 Å². The molecular weight excluding hydrogens is 230 g/mol. The summed E-state index contributed by atoms with van der Waals surface area (Å²) in [7, 11) is -4.00. The van der Waals surface area contributed by atoms with Crippen LogP contribution in [0.15, 0.2) is 28.4 Å². The summed E-state index contributed by atoms with van der Waals surface area (Å²) < 4.78 is 27.3. The second-order valence-electron chi connectivity index (χ2n) is 3.16. The topological polar surface area (TPSA) is 92.1 Å². The van der Waals surface area contributed by atoms with Crippen molar-refractivity contribution >= 4 is 10.1 Å². The highest BCUT2D eigenvalue weighted by Crippen LogP contribution is 2.20. The van der Waals surface area contributed by atoms with Gasteiger partial charge in [0.15, 0.2) is 0 Å². The second kappa shape index (κ2) is 4.87. The summed E-state index contributed by atoms with van der Waals surface area (Å²) in [6.45, 7) is 3.70. The molecule has 0 bridgehead atoms. The summed E-state index contributed by atoms with van der Waals surface area (Å²) in [5.41, 5.74) is 9.61. The number of rotatable bonds is 4. The molecule has 0 fully saturated rings. The van der Waals surface area contributed by atoms with Crippen LogP contribution in [0.25, 0.3) is 10.4 Å². The molecule has 0 radical (unpaired) electrons. The Bertz CT molecular complexity index is 533. The molecular formula is C9H11N3O3S. The predicted octanol–water partition coefficient (Wildman–Crippen LogP) is 2.49. The highest BCUT2D eigenvalue weighted by molar-refractivity contribution is 7.86. The Morgan fingerprint density at radius 1 is 1.50 bits per heavy atom. The van der Waals surface area contributed by atoms with E-state index in [0.29, 0.717) is 12.0 Å². The third-order valence-corrected chi connectivity index (χ3v) is 3.23. The molecule has 0 saturated carbocycles. The Kier molecular flexibility index (Phi) is 3.76. The highest BCUT2D eigenvalue weighted by atomic mass is 32.2. The lowest BCUT2D eigenvalue weighted by molar-refractivity contribution is 0.331. The Balaban J connectivity index is 3.27. The van der Waals surface area contributed by atoms with Gasteiger partial charge in [-0.25, -0.2) is 0 Å². The fourth-order valence-corrected chi connectivity index (χ4v) is 2.28. The molecule has 16 heavy (non-hydrogen) atoms. The van der Waals surface area contributed by atoms with E-state index in [2.05, 4.69) is 14.5 Å². The summed E-state index contributed by atoms with van der Waals surface area (Å²) in [6, 6.07) is 4.86. The van der Waals surface area contributed by atoms with Crippen molar-refractivity contribution in [2.45, 2.75) is 25.2 Å². The van der Waals surface area contributed by atoms with E-state index in [4.69, 9.17) is 5.53 Å². The third kappa shape index (κ3) is 2.65. The molecule has 0 unspecified atom stereocenters. The maximum atomic E-state index is 11.6. The monoisotopic (exact) mass is 241 g/mol. The van der Waals surface area contributed by atoms with Crippen LogP contribution in [0.3, 0.4) is 0 Å². The first-order valence-electron chi connectivity index (χ1n) is 4.59. The Morgan fingerprint density at radius 2 is 2.19 bits per heavy atom. The lowest BCUT2D eigenvalue weighted by Crippen LogP contribution is -2.05. The van der Waals surface area contributed by atoms with Gasteiger partial charge in [-0.1, -0.05) is 24.6 Å². The Morgan fingerprint density at radius 3 is 2.75 bits per heavy atom. The van der Waals surface area contributed by atoms with E-state index < -0.39 is 10.1 Å². The SMILES string of the molecule is CCc1cc(C)ccc1S(=O)(=O)ON=[N+]=[N-]. The molecule has 1 rings (SSSR count). The van der Waals surface area contributed by atoms with Gasteiger partial charge < -0.3 is 4.28 Å². The molecule has 7 heteroatoms. The number of hydrogen-bond acceptors (Lipinski definition) is 4. The molecule has 0 aliphatic heterocycles. The van der Waals surface area contributed by atoms with Crippen LogP contribution >= 0.6 is 0 Å². The molecule has 0 aliphatic carbocycles. The van der Waals surface area contributed by atoms with Crippen molar-refractivity contribution in [3.8, 4) is 0 Å². The Hall–Kier alpha value is -1.72. The zero-order valence-electron chi connectivity index (χ0n) is 8.91. The van der Waals surface area contributed by atoms with E-state index in [1.54, 1.807) is 12.1 Å². The van der Waals surface area contributed by atoms with E-state index in [0.717, 1.165) is 5.56 Å². The second-order valence-corrected chi connectivity index (χ2v) is 4.66. The van der Waals surface area contributed by atoms with Crippen LogP contribution in [0.1, 0.15) is 18.1 Å². The van der Waals surface area contributed by atoms with Crippen molar-refractivity contribution in [1.82, 2.24) is 0 Å². The fraction of sp³-hybridized carbons (Fsp3) is 0.333. The van der Waals surface area contributed by atoms with Gasteiger partial charge in [0, 0.05) is 4.91 Å². The standard InChI is InChI=1S/C9H11N3O3S/c1-3-8-6-7(2)4-5-9(8)16(13,14)15-12-11-10/h4-6H,3H2,1-2H3. The summed E-state index contributed by atoms with van der Waals surface area (Å²) >= 11 is 0. The number of aryl methyl sites for hydroxylation is 2. The van der Waals surface area contributed by atoms with Crippen molar-refractivity contribution < 1.29 is 12.7 Å². The highest BCUT2D eigenvalue weighted by Gasteiger charge is 2.18. The normalized spacial score (nSPS) is 10.6. The number of nitrogens with zero attached hydrogens (tertiary/aromatic N) is 3. The van der Waals surface area contributed by atoms with Crippen LogP contribution < -0.4 is 0 Å². The molecule has 0 heterocycles. The van der Waals surface area contributed by atoms with E-state index in [-0.39, 0.29) is 4.90 Å². The maximum absolute atomic E-state index is 11.6. The summed E-state index contributed by atoms with van der Waals surface area (Å²) in [4.78, 5) is 2.28. The van der Waals surface area contributed by atoms with Gasteiger partial charge in [-0.3, -0.25) is 0 Å². The number of hydrogen-bond donors (Lipinski definition) is 0. The molecule has 0 aromatic heterocycles. The van der Waals surface area contributed by atoms with Crippen LogP contribution in [-0.4, -0.2) is 8.42 Å². The average molecular weight is 241 g/mol. The van der Waals surface area contributed by atoms with Crippen molar-refractivity contribution in [2.24, 2.45) is 5.28 Å². The first kappa shape index (κ1) is 12.4. The summed E-state index contributed by atoms with van der Waals surface area (Å²) in [5.74, 6) is 0. The van der Waals surface area contributed by atoms with Crippen LogP contribution in [0, 0.1) is 6.92 Å². The van der Waals surface area contributed by atoms with Gasteiger partial charge in [-0.15, -0.1) is 0 Å². The van der Waals surface area contributed by atoms with Gasteiger partial charge in [0.2, 0.25) is 0 Å². The first-order valence-corrected chi connectivity index (χ1v) is 5.99. The minimum absolute atomic E-state index is 0.0352. The van der Waals surface area contributed by atoms with E-state index in [1.165, 1.54) is 6.07 Å². The number of benzene rings is 1. The van der Waals surface area contributed by atoms with Gasteiger partial charge in [-0.05, 0) is 30.5 Å². The van der Waals surface area contributed by atoms with Crippen molar-refractivity contribution in [3.05, 3.63) is 39.8 Å². The lowest BCUT2D eigenvalue weighted by atomic mass is 10.1. The molecule has 6 nitrogen and oxygen atoms in total. The van der Waals surface area contributed by atoms with E-state index in [9.17, 15) is 8.42 Å². The molecule has 0 aliphatic rings. The molecule has 86 valence electrons. The zero-order chi connectivity index (χ0) is 12.2. The molecule has 0 atom stereocenters. The van der Waals surface area contributed by atoms with Crippen molar-refractivity contribution in [2.75, 3.05) is 0 Å². The van der Waals surface area contributed by atoms with E-state index >= 15 is 0 Å². The fourth-order valence-electron chi connectivity index (χ4n) is 1.33. The third-order valence-electron chi connectivity index (χ3n) is 2.03. The Labute approximate surface area is 93.6 Å². The van der Waals surface area contributed by atoms with Crippen LogP contribution in [0.2, 0.25) is 0 Å². The van der Waals surface area contributed by atoms with Gasteiger partial charge in [0.25, 0.3) is 0 Å². The van der Waals surface area contributed by atoms with Gasteiger partial charge in [0.1, 0.15) is 10.2 Å². The van der Waals surface area contributed by atoms with E-state index in [1.807, 2.05) is 13.8 Å². The summed E-state index contributed by atoms with van der Waals surface area (Å²) in [5, 5.41) is 2.61. The van der Waals surface area contributed by atoms with Crippen molar-refractivity contribution in [3.63, 3.8) is 0 Å². The summed E-state index contributed by atoms with van der Waals surface area (Å²) in [6.07, 6.45) is 0.551. The smallest absolute Gasteiger partial charge is 0.307 e.